The molecule has 2 heterocycles. The number of halogens is 3. The summed E-state index contributed by atoms with van der Waals surface area (Å²) in [6.45, 7) is 9.44. The van der Waals surface area contributed by atoms with Gasteiger partial charge in [-0.3, -0.25) is 14.6 Å². The Bertz CT molecular complexity index is 705. The standard InChI is InChI=1S/C15H20N2O2.C6H9F3O2/c18-15(19)11-17-9-13-7-16(8-14(13)10-17)6-12-4-2-1-3-5-12;1-5(2,3)11-4(10)6(7,8)9/h1-5,13-14H,6-11H2,(H,18,19);1-3H3/t13-,14+;. The molecule has 0 spiro atoms. The van der Waals surface area contributed by atoms with E-state index in [4.69, 9.17) is 5.11 Å². The van der Waals surface area contributed by atoms with Crippen molar-refractivity contribution in [3.63, 3.8) is 0 Å². The minimum Gasteiger partial charge on any atom is -0.480 e. The Labute approximate surface area is 174 Å². The van der Waals surface area contributed by atoms with E-state index < -0.39 is 23.7 Å². The van der Waals surface area contributed by atoms with Gasteiger partial charge in [0.25, 0.3) is 0 Å². The summed E-state index contributed by atoms with van der Waals surface area (Å²) in [5.74, 6) is -1.54. The highest BCUT2D eigenvalue weighted by Crippen LogP contribution is 2.31. The number of esters is 1. The van der Waals surface area contributed by atoms with Crippen LogP contribution in [0, 0.1) is 11.8 Å². The summed E-state index contributed by atoms with van der Waals surface area (Å²) in [6, 6.07) is 10.6. The number of rotatable bonds is 4. The van der Waals surface area contributed by atoms with Crippen LogP contribution in [0.5, 0.6) is 0 Å². The van der Waals surface area contributed by atoms with E-state index in [-0.39, 0.29) is 6.54 Å². The molecule has 0 aliphatic carbocycles. The molecule has 2 fully saturated rings. The number of ether oxygens (including phenoxy) is 1. The maximum absolute atomic E-state index is 11.5. The molecule has 9 heteroatoms. The second-order valence-corrected chi connectivity index (χ2v) is 8.79. The molecular weight excluding hydrogens is 401 g/mol. The highest BCUT2D eigenvalue weighted by molar-refractivity contribution is 5.76. The fraction of sp³-hybridized carbons (Fsp3) is 0.619. The highest BCUT2D eigenvalue weighted by Gasteiger charge is 2.43. The summed E-state index contributed by atoms with van der Waals surface area (Å²) in [7, 11) is 0. The molecule has 168 valence electrons. The van der Waals surface area contributed by atoms with Crippen molar-refractivity contribution in [2.24, 2.45) is 11.8 Å². The summed E-state index contributed by atoms with van der Waals surface area (Å²) in [6.07, 6.45) is -4.90. The predicted molar refractivity (Wildman–Crippen MR) is 105 cm³/mol. The van der Waals surface area contributed by atoms with Crippen LogP contribution in [-0.2, 0) is 20.9 Å². The van der Waals surface area contributed by atoms with E-state index in [1.807, 2.05) is 6.07 Å². The first-order valence-electron chi connectivity index (χ1n) is 9.84. The van der Waals surface area contributed by atoms with Crippen molar-refractivity contribution in [3.8, 4) is 0 Å². The Morgan fingerprint density at radius 1 is 1.00 bits per heavy atom. The van der Waals surface area contributed by atoms with E-state index in [1.54, 1.807) is 0 Å². The van der Waals surface area contributed by atoms with Crippen LogP contribution in [0.4, 0.5) is 13.2 Å². The molecule has 0 aromatic heterocycles. The number of hydrogen-bond acceptors (Lipinski definition) is 5. The maximum atomic E-state index is 11.5. The van der Waals surface area contributed by atoms with Gasteiger partial charge in [0.2, 0.25) is 0 Å². The van der Waals surface area contributed by atoms with Crippen molar-refractivity contribution in [1.82, 2.24) is 9.80 Å². The van der Waals surface area contributed by atoms with Crippen molar-refractivity contribution in [1.29, 1.82) is 0 Å². The molecule has 0 unspecified atom stereocenters. The third-order valence-corrected chi connectivity index (χ3v) is 4.88. The van der Waals surface area contributed by atoms with Gasteiger partial charge in [-0.15, -0.1) is 0 Å². The number of carbonyl (C=O) groups is 2. The van der Waals surface area contributed by atoms with Gasteiger partial charge in [-0.05, 0) is 38.2 Å². The van der Waals surface area contributed by atoms with Crippen LogP contribution >= 0.6 is 0 Å². The Hall–Kier alpha value is -2.13. The molecule has 2 saturated heterocycles. The zero-order valence-corrected chi connectivity index (χ0v) is 17.5. The summed E-state index contributed by atoms with van der Waals surface area (Å²) in [5.41, 5.74) is 0.275. The number of carboxylic acids is 1. The van der Waals surface area contributed by atoms with Crippen molar-refractivity contribution in [2.75, 3.05) is 32.7 Å². The monoisotopic (exact) mass is 430 g/mol. The SMILES string of the molecule is CC(C)(C)OC(=O)C(F)(F)F.O=C(O)CN1C[C@@H]2CN(Cc3ccccc3)C[C@@H]2C1. The fourth-order valence-electron chi connectivity index (χ4n) is 3.81. The van der Waals surface area contributed by atoms with E-state index in [0.717, 1.165) is 32.7 Å². The van der Waals surface area contributed by atoms with Crippen LogP contribution < -0.4 is 0 Å². The second-order valence-electron chi connectivity index (χ2n) is 8.79. The van der Waals surface area contributed by atoms with Crippen molar-refractivity contribution in [2.45, 2.75) is 39.1 Å². The van der Waals surface area contributed by atoms with Gasteiger partial charge < -0.3 is 9.84 Å². The van der Waals surface area contributed by atoms with Crippen LogP contribution in [-0.4, -0.2) is 71.3 Å². The lowest BCUT2D eigenvalue weighted by Gasteiger charge is -2.20. The van der Waals surface area contributed by atoms with Gasteiger partial charge in [-0.25, -0.2) is 4.79 Å². The second kappa shape index (κ2) is 9.78. The summed E-state index contributed by atoms with van der Waals surface area (Å²) in [4.78, 5) is 25.4. The molecular formula is C21H29F3N2O4. The highest BCUT2D eigenvalue weighted by atomic mass is 19.4. The number of aliphatic carboxylic acids is 1. The van der Waals surface area contributed by atoms with Crippen molar-refractivity contribution < 1.29 is 32.6 Å². The van der Waals surface area contributed by atoms with E-state index >= 15 is 0 Å². The van der Waals surface area contributed by atoms with Crippen LogP contribution in [0.3, 0.4) is 0 Å². The Balaban J connectivity index is 0.000000252. The number of benzene rings is 1. The molecule has 0 bridgehead atoms. The van der Waals surface area contributed by atoms with Gasteiger partial charge in [0.05, 0.1) is 6.54 Å². The quantitative estimate of drug-likeness (QED) is 0.741. The molecule has 0 saturated carbocycles. The fourth-order valence-corrected chi connectivity index (χ4v) is 3.81. The smallest absolute Gasteiger partial charge is 0.480 e. The van der Waals surface area contributed by atoms with Crippen LogP contribution in [0.15, 0.2) is 30.3 Å². The molecule has 3 rings (SSSR count). The maximum Gasteiger partial charge on any atom is 0.490 e. The molecule has 2 atom stereocenters. The molecule has 1 N–H and O–H groups in total. The molecule has 0 radical (unpaired) electrons. The third-order valence-electron chi connectivity index (χ3n) is 4.88. The van der Waals surface area contributed by atoms with Crippen molar-refractivity contribution in [3.05, 3.63) is 35.9 Å². The average molecular weight is 430 g/mol. The lowest BCUT2D eigenvalue weighted by molar-refractivity contribution is -0.210. The van der Waals surface area contributed by atoms with Crippen molar-refractivity contribution >= 4 is 11.9 Å². The zero-order valence-electron chi connectivity index (χ0n) is 17.5. The summed E-state index contributed by atoms with van der Waals surface area (Å²) >= 11 is 0. The van der Waals surface area contributed by atoms with Gasteiger partial charge in [0.15, 0.2) is 0 Å². The molecule has 0 amide bonds. The first-order chi connectivity index (χ1) is 13.8. The number of fused-ring (bicyclic) bond motifs is 1. The average Bonchev–Trinajstić information content (AvgIpc) is 3.11. The third kappa shape index (κ3) is 7.95. The lowest BCUT2D eigenvalue weighted by Crippen LogP contribution is -2.33. The minimum absolute atomic E-state index is 0.200. The minimum atomic E-state index is -4.90. The summed E-state index contributed by atoms with van der Waals surface area (Å²) in [5, 5.41) is 8.83. The van der Waals surface area contributed by atoms with Gasteiger partial charge in [-0.1, -0.05) is 30.3 Å². The number of likely N-dealkylation sites (tertiary alicyclic amines) is 2. The normalized spacial score (nSPS) is 22.2. The molecule has 1 aromatic carbocycles. The van der Waals surface area contributed by atoms with Crippen LogP contribution in [0.2, 0.25) is 0 Å². The zero-order chi connectivity index (χ0) is 22.5. The van der Waals surface area contributed by atoms with Gasteiger partial charge >= 0.3 is 18.1 Å². The van der Waals surface area contributed by atoms with Crippen LogP contribution in [0.25, 0.3) is 0 Å². The molecule has 6 nitrogen and oxygen atoms in total. The predicted octanol–water partition coefficient (Wildman–Crippen LogP) is 3.03. The van der Waals surface area contributed by atoms with E-state index in [9.17, 15) is 22.8 Å². The largest absolute Gasteiger partial charge is 0.490 e. The summed E-state index contributed by atoms with van der Waals surface area (Å²) < 4.78 is 38.6. The van der Waals surface area contributed by atoms with Gasteiger partial charge in [-0.2, -0.15) is 13.2 Å². The Kier molecular flexibility index (Phi) is 7.87. The Morgan fingerprint density at radius 2 is 1.50 bits per heavy atom. The molecule has 2 aliphatic rings. The number of hydrogen-bond donors (Lipinski definition) is 1. The molecule has 1 aromatic rings. The van der Waals surface area contributed by atoms with Gasteiger partial charge in [0, 0.05) is 32.7 Å². The Morgan fingerprint density at radius 3 is 1.90 bits per heavy atom. The number of nitrogens with zero attached hydrogens (tertiary/aromatic N) is 2. The van der Waals surface area contributed by atoms with E-state index in [2.05, 4.69) is 38.8 Å². The molecule has 2 aliphatic heterocycles. The number of alkyl halides is 3. The van der Waals surface area contributed by atoms with E-state index in [1.165, 1.54) is 26.3 Å². The number of carbonyl (C=O) groups excluding carboxylic acids is 1. The van der Waals surface area contributed by atoms with Gasteiger partial charge in [0.1, 0.15) is 5.60 Å². The van der Waals surface area contributed by atoms with E-state index in [0.29, 0.717) is 11.8 Å². The first kappa shape index (κ1) is 24.1. The lowest BCUT2D eigenvalue weighted by atomic mass is 10.0. The topological polar surface area (TPSA) is 70.1 Å². The number of carboxylic acid groups (broad SMARTS) is 1. The first-order valence-corrected chi connectivity index (χ1v) is 9.84. The molecule has 30 heavy (non-hydrogen) atoms. The van der Waals surface area contributed by atoms with Crippen LogP contribution in [0.1, 0.15) is 26.3 Å².